The molecular formula is C21H36NOP. The van der Waals surface area contributed by atoms with E-state index in [1.807, 2.05) is 0 Å². The molecule has 1 aromatic rings. The van der Waals surface area contributed by atoms with Gasteiger partial charge < -0.3 is 4.90 Å². The number of Topliss-reactive ketones (excluding diaryl/α,β-unsaturated/α-hetero) is 1. The summed E-state index contributed by atoms with van der Waals surface area (Å²) in [7, 11) is 2.74. The van der Waals surface area contributed by atoms with Gasteiger partial charge in [-0.2, -0.15) is 0 Å². The number of ketones is 1. The van der Waals surface area contributed by atoms with Crippen LogP contribution in [0.25, 0.3) is 0 Å². The lowest BCUT2D eigenvalue weighted by Gasteiger charge is -2.34. The Morgan fingerprint density at radius 3 is 2.12 bits per heavy atom. The molecule has 24 heavy (non-hydrogen) atoms. The third kappa shape index (κ3) is 7.03. The highest BCUT2D eigenvalue weighted by Crippen LogP contribution is 2.28. The van der Waals surface area contributed by atoms with Crippen molar-refractivity contribution in [3.8, 4) is 0 Å². The molecule has 0 aliphatic carbocycles. The number of nitrogens with zero attached hydrogens (tertiary/aromatic N) is 1. The van der Waals surface area contributed by atoms with Gasteiger partial charge in [0.15, 0.2) is 0 Å². The van der Waals surface area contributed by atoms with Gasteiger partial charge in [0.25, 0.3) is 0 Å². The average molecular weight is 349 g/mol. The van der Waals surface area contributed by atoms with Crippen molar-refractivity contribution in [3.63, 3.8) is 0 Å². The van der Waals surface area contributed by atoms with E-state index in [1.165, 1.54) is 17.3 Å². The molecule has 1 atom stereocenters. The molecular weight excluding hydrogens is 313 g/mol. The maximum absolute atomic E-state index is 11.4. The van der Waals surface area contributed by atoms with Gasteiger partial charge in [-0.05, 0) is 62.1 Å². The van der Waals surface area contributed by atoms with Crippen molar-refractivity contribution in [1.82, 2.24) is 4.90 Å². The number of hydrogen-bond donors (Lipinski definition) is 0. The number of benzene rings is 1. The van der Waals surface area contributed by atoms with Crippen LogP contribution in [0.3, 0.4) is 0 Å². The van der Waals surface area contributed by atoms with E-state index in [4.69, 9.17) is 0 Å². The van der Waals surface area contributed by atoms with E-state index in [9.17, 15) is 4.79 Å². The Kier molecular flexibility index (Phi) is 9.16. The number of piperidine rings is 1. The second-order valence-electron chi connectivity index (χ2n) is 7.69. The maximum Gasteiger partial charge on any atom is 0.133 e. The van der Waals surface area contributed by atoms with E-state index in [2.05, 4.69) is 66.1 Å². The molecule has 0 saturated carbocycles. The Bertz CT molecular complexity index is 487. The van der Waals surface area contributed by atoms with Crippen LogP contribution >= 0.6 is 9.24 Å². The van der Waals surface area contributed by atoms with Gasteiger partial charge in [0.2, 0.25) is 0 Å². The first kappa shape index (κ1) is 21.3. The van der Waals surface area contributed by atoms with Crippen molar-refractivity contribution in [3.05, 3.63) is 29.8 Å². The quantitative estimate of drug-likeness (QED) is 0.726. The monoisotopic (exact) mass is 349 g/mol. The summed E-state index contributed by atoms with van der Waals surface area (Å²) in [5.41, 5.74) is 1.61. The summed E-state index contributed by atoms with van der Waals surface area (Å²) < 4.78 is 0. The van der Waals surface area contributed by atoms with Crippen LogP contribution in [0.4, 0.5) is 0 Å². The predicted octanol–water partition coefficient (Wildman–Crippen LogP) is 4.57. The van der Waals surface area contributed by atoms with E-state index >= 15 is 0 Å². The SMILES string of the molecule is CC(=O)C1CCN(CCC(C)(C)c2ccc(P)cc2)CC1.CCC. The molecule has 0 amide bonds. The lowest BCUT2D eigenvalue weighted by molar-refractivity contribution is -0.122. The standard InChI is InChI=1S/C18H28NOP.C3H8/c1-14(20)15-8-11-19(12-9-15)13-10-18(2,3)16-4-6-17(21)7-5-16;1-3-2/h4-7,15H,8-13,21H2,1-3H3;3H2,1-2H3. The molecule has 2 nitrogen and oxygen atoms in total. The van der Waals surface area contributed by atoms with Crippen LogP contribution in [0.5, 0.6) is 0 Å². The summed E-state index contributed by atoms with van der Waals surface area (Å²) in [6, 6.07) is 8.81. The number of hydrogen-bond acceptors (Lipinski definition) is 2. The van der Waals surface area contributed by atoms with E-state index in [-0.39, 0.29) is 5.41 Å². The summed E-state index contributed by atoms with van der Waals surface area (Å²) in [6.45, 7) is 13.9. The number of carbonyl (C=O) groups is 1. The third-order valence-electron chi connectivity index (χ3n) is 4.91. The molecule has 3 heteroatoms. The largest absolute Gasteiger partial charge is 0.303 e. The Labute approximate surface area is 151 Å². The fourth-order valence-corrected chi connectivity index (χ4v) is 3.27. The lowest BCUT2D eigenvalue weighted by Crippen LogP contribution is -2.38. The normalized spacial score (nSPS) is 16.4. The molecule has 0 bridgehead atoms. The summed E-state index contributed by atoms with van der Waals surface area (Å²) in [5.74, 6) is 0.677. The minimum absolute atomic E-state index is 0.204. The summed E-state index contributed by atoms with van der Waals surface area (Å²) in [6.07, 6.45) is 4.49. The zero-order chi connectivity index (χ0) is 18.2. The highest BCUT2D eigenvalue weighted by atomic mass is 31.0. The minimum Gasteiger partial charge on any atom is -0.303 e. The topological polar surface area (TPSA) is 20.3 Å². The number of likely N-dealkylation sites (tertiary alicyclic amines) is 1. The van der Waals surface area contributed by atoms with Crippen LogP contribution in [0.2, 0.25) is 0 Å². The summed E-state index contributed by atoms with van der Waals surface area (Å²) >= 11 is 0. The fraction of sp³-hybridized carbons (Fsp3) is 0.667. The lowest BCUT2D eigenvalue weighted by atomic mass is 9.81. The van der Waals surface area contributed by atoms with Crippen molar-refractivity contribution < 1.29 is 4.79 Å². The van der Waals surface area contributed by atoms with Crippen molar-refractivity contribution in [2.24, 2.45) is 5.92 Å². The molecule has 1 aliphatic heterocycles. The predicted molar refractivity (Wildman–Crippen MR) is 109 cm³/mol. The molecule has 1 saturated heterocycles. The van der Waals surface area contributed by atoms with Crippen molar-refractivity contribution in [2.75, 3.05) is 19.6 Å². The Morgan fingerprint density at radius 2 is 1.67 bits per heavy atom. The molecule has 0 N–H and O–H groups in total. The average Bonchev–Trinajstić information content (AvgIpc) is 2.54. The first-order chi connectivity index (χ1) is 11.3. The molecule has 0 radical (unpaired) electrons. The molecule has 1 heterocycles. The molecule has 0 spiro atoms. The molecule has 1 aromatic carbocycles. The number of rotatable bonds is 5. The second kappa shape index (κ2) is 10.3. The first-order valence-corrected chi connectivity index (χ1v) is 9.96. The van der Waals surface area contributed by atoms with Gasteiger partial charge in [0.1, 0.15) is 5.78 Å². The molecule has 0 aromatic heterocycles. The second-order valence-corrected chi connectivity index (χ2v) is 8.36. The zero-order valence-electron chi connectivity index (χ0n) is 16.3. The van der Waals surface area contributed by atoms with Crippen LogP contribution in [0.15, 0.2) is 24.3 Å². The molecule has 136 valence electrons. The smallest absolute Gasteiger partial charge is 0.133 e. The van der Waals surface area contributed by atoms with Crippen LogP contribution in [0, 0.1) is 5.92 Å². The van der Waals surface area contributed by atoms with Crippen molar-refractivity contribution in [1.29, 1.82) is 0 Å². The van der Waals surface area contributed by atoms with Crippen LogP contribution in [0.1, 0.15) is 65.9 Å². The number of carbonyl (C=O) groups excluding carboxylic acids is 1. The van der Waals surface area contributed by atoms with Gasteiger partial charge in [-0.15, -0.1) is 9.24 Å². The van der Waals surface area contributed by atoms with Gasteiger partial charge in [-0.3, -0.25) is 4.79 Å². The Morgan fingerprint density at radius 1 is 1.17 bits per heavy atom. The van der Waals surface area contributed by atoms with E-state index in [1.54, 1.807) is 6.92 Å². The molecule has 1 fully saturated rings. The van der Waals surface area contributed by atoms with Gasteiger partial charge in [-0.25, -0.2) is 0 Å². The molecule has 1 unspecified atom stereocenters. The van der Waals surface area contributed by atoms with E-state index in [0.29, 0.717) is 11.7 Å². The highest BCUT2D eigenvalue weighted by molar-refractivity contribution is 7.27. The maximum atomic E-state index is 11.4. The molecule has 2 rings (SSSR count). The van der Waals surface area contributed by atoms with E-state index in [0.717, 1.165) is 38.9 Å². The fourth-order valence-electron chi connectivity index (χ4n) is 3.08. The highest BCUT2D eigenvalue weighted by Gasteiger charge is 2.25. The Hall–Kier alpha value is -0.720. The van der Waals surface area contributed by atoms with Gasteiger partial charge in [0, 0.05) is 5.92 Å². The zero-order valence-corrected chi connectivity index (χ0v) is 17.4. The third-order valence-corrected chi connectivity index (χ3v) is 5.29. The van der Waals surface area contributed by atoms with Crippen LogP contribution < -0.4 is 5.30 Å². The minimum atomic E-state index is 0.204. The van der Waals surface area contributed by atoms with Crippen LogP contribution in [-0.2, 0) is 10.2 Å². The molecule has 1 aliphatic rings. The van der Waals surface area contributed by atoms with Gasteiger partial charge in [-0.1, -0.05) is 58.4 Å². The van der Waals surface area contributed by atoms with Gasteiger partial charge in [0.05, 0.1) is 0 Å². The van der Waals surface area contributed by atoms with Crippen molar-refractivity contribution >= 4 is 20.3 Å². The first-order valence-electron chi connectivity index (χ1n) is 9.39. The summed E-state index contributed by atoms with van der Waals surface area (Å²) in [4.78, 5) is 13.9. The van der Waals surface area contributed by atoms with E-state index < -0.39 is 0 Å². The summed E-state index contributed by atoms with van der Waals surface area (Å²) in [5, 5.41) is 1.24. The van der Waals surface area contributed by atoms with Crippen LogP contribution in [-0.4, -0.2) is 30.3 Å². The van der Waals surface area contributed by atoms with Gasteiger partial charge >= 0.3 is 0 Å². The Balaban J connectivity index is 0.000000891. The van der Waals surface area contributed by atoms with Crippen molar-refractivity contribution in [2.45, 2.75) is 65.7 Å².